The minimum atomic E-state index is -0.560. The summed E-state index contributed by atoms with van der Waals surface area (Å²) in [7, 11) is 1.61. The Bertz CT molecular complexity index is 726. The summed E-state index contributed by atoms with van der Waals surface area (Å²) in [5.74, 6) is 0.504. The number of hydrogen-bond donors (Lipinski definition) is 3. The zero-order chi connectivity index (χ0) is 18.0. The van der Waals surface area contributed by atoms with E-state index in [0.29, 0.717) is 30.5 Å². The second-order valence-electron chi connectivity index (χ2n) is 6.59. The van der Waals surface area contributed by atoms with Crippen LogP contribution in [0.5, 0.6) is 5.75 Å². The third kappa shape index (κ3) is 3.83. The topological polar surface area (TPSA) is 90.5 Å². The maximum absolute atomic E-state index is 12.4. The number of ether oxygens (including phenoxy) is 1. The molecule has 1 amide bonds. The van der Waals surface area contributed by atoms with E-state index >= 15 is 0 Å². The number of hydrogen-bond acceptors (Lipinski definition) is 5. The number of nitrogens with zero attached hydrogens (tertiary/aromatic N) is 2. The summed E-state index contributed by atoms with van der Waals surface area (Å²) in [5, 5.41) is 20.0. The Labute approximate surface area is 147 Å². The highest BCUT2D eigenvalue weighted by molar-refractivity contribution is 5.93. The number of aliphatic hydroxyl groups excluding tert-OH is 1. The molecule has 1 aromatic heterocycles. The fourth-order valence-electron chi connectivity index (χ4n) is 2.97. The van der Waals surface area contributed by atoms with E-state index in [2.05, 4.69) is 34.3 Å². The van der Waals surface area contributed by atoms with E-state index < -0.39 is 6.10 Å². The molecule has 1 aromatic carbocycles. The van der Waals surface area contributed by atoms with Crippen molar-refractivity contribution in [1.29, 1.82) is 0 Å². The van der Waals surface area contributed by atoms with E-state index in [1.54, 1.807) is 13.2 Å². The maximum Gasteiger partial charge on any atom is 0.269 e. The van der Waals surface area contributed by atoms with Gasteiger partial charge in [-0.25, -0.2) is 0 Å². The SMILES string of the molecule is COc1ccc(-c2cc(C(=O)N[C@H]3CN(C(C)C)C[C@@H]3O)[nH]n2)cc1. The fraction of sp³-hybridized carbons (Fsp3) is 0.444. The Balaban J connectivity index is 1.66. The molecule has 1 aliphatic heterocycles. The minimum Gasteiger partial charge on any atom is -0.497 e. The van der Waals surface area contributed by atoms with Crippen molar-refractivity contribution in [2.45, 2.75) is 32.0 Å². The summed E-state index contributed by atoms with van der Waals surface area (Å²) in [6.07, 6.45) is -0.560. The van der Waals surface area contributed by atoms with Crippen molar-refractivity contribution < 1.29 is 14.6 Å². The highest BCUT2D eigenvalue weighted by Crippen LogP contribution is 2.21. The number of nitrogens with one attached hydrogen (secondary N) is 2. The number of benzene rings is 1. The van der Waals surface area contributed by atoms with Crippen molar-refractivity contribution in [3.63, 3.8) is 0 Å². The van der Waals surface area contributed by atoms with Crippen LogP contribution in [0.25, 0.3) is 11.3 Å². The van der Waals surface area contributed by atoms with Crippen LogP contribution < -0.4 is 10.1 Å². The molecular weight excluding hydrogens is 320 g/mol. The third-order valence-corrected chi connectivity index (χ3v) is 4.57. The van der Waals surface area contributed by atoms with Crippen LogP contribution in [0.3, 0.4) is 0 Å². The molecule has 2 heterocycles. The van der Waals surface area contributed by atoms with E-state index in [9.17, 15) is 9.90 Å². The molecule has 0 saturated carbocycles. The zero-order valence-corrected chi connectivity index (χ0v) is 14.7. The molecule has 2 atom stereocenters. The molecule has 0 spiro atoms. The monoisotopic (exact) mass is 344 g/mol. The quantitative estimate of drug-likeness (QED) is 0.760. The summed E-state index contributed by atoms with van der Waals surface area (Å²) >= 11 is 0. The van der Waals surface area contributed by atoms with Gasteiger partial charge in [-0.05, 0) is 44.2 Å². The smallest absolute Gasteiger partial charge is 0.269 e. The van der Waals surface area contributed by atoms with E-state index in [4.69, 9.17) is 4.74 Å². The molecule has 7 heteroatoms. The molecule has 134 valence electrons. The first kappa shape index (κ1) is 17.4. The van der Waals surface area contributed by atoms with Crippen molar-refractivity contribution >= 4 is 5.91 Å². The maximum atomic E-state index is 12.4. The number of β-amino-alcohol motifs (C(OH)–C–C–N with tert-alkyl or cyclic N) is 1. The minimum absolute atomic E-state index is 0.262. The normalized spacial score (nSPS) is 20.8. The van der Waals surface area contributed by atoms with Gasteiger partial charge in [0, 0.05) is 24.7 Å². The number of likely N-dealkylation sites (tertiary alicyclic amines) is 1. The molecule has 1 saturated heterocycles. The average molecular weight is 344 g/mol. The number of H-pyrrole nitrogens is 1. The molecule has 1 aliphatic rings. The highest BCUT2D eigenvalue weighted by Gasteiger charge is 2.33. The lowest BCUT2D eigenvalue weighted by Crippen LogP contribution is -2.43. The molecule has 1 fully saturated rings. The molecule has 2 aromatic rings. The average Bonchev–Trinajstić information content (AvgIpc) is 3.23. The van der Waals surface area contributed by atoms with Gasteiger partial charge in [0.15, 0.2) is 0 Å². The Kier molecular flexibility index (Phi) is 5.06. The van der Waals surface area contributed by atoms with E-state index in [1.807, 2.05) is 24.3 Å². The van der Waals surface area contributed by atoms with Crippen LogP contribution in [0.15, 0.2) is 30.3 Å². The number of aliphatic hydroxyl groups is 1. The summed E-state index contributed by atoms with van der Waals surface area (Å²) < 4.78 is 5.14. The van der Waals surface area contributed by atoms with Crippen LogP contribution in [0.4, 0.5) is 0 Å². The van der Waals surface area contributed by atoms with Gasteiger partial charge in [0.2, 0.25) is 0 Å². The van der Waals surface area contributed by atoms with Gasteiger partial charge >= 0.3 is 0 Å². The van der Waals surface area contributed by atoms with Crippen molar-refractivity contribution in [3.05, 3.63) is 36.0 Å². The van der Waals surface area contributed by atoms with Gasteiger partial charge in [0.25, 0.3) is 5.91 Å². The number of rotatable bonds is 5. The Morgan fingerprint density at radius 3 is 2.68 bits per heavy atom. The van der Waals surface area contributed by atoms with Crippen LogP contribution in [0, 0.1) is 0 Å². The summed E-state index contributed by atoms with van der Waals surface area (Å²) in [6.45, 7) is 5.37. The van der Waals surface area contributed by atoms with Gasteiger partial charge < -0.3 is 15.2 Å². The van der Waals surface area contributed by atoms with Gasteiger partial charge in [0.1, 0.15) is 11.4 Å². The zero-order valence-electron chi connectivity index (χ0n) is 14.7. The van der Waals surface area contributed by atoms with Crippen LogP contribution in [0.2, 0.25) is 0 Å². The lowest BCUT2D eigenvalue weighted by molar-refractivity contribution is 0.0883. The van der Waals surface area contributed by atoms with Crippen molar-refractivity contribution in [1.82, 2.24) is 20.4 Å². The Morgan fingerprint density at radius 1 is 1.36 bits per heavy atom. The summed E-state index contributed by atoms with van der Waals surface area (Å²) in [6, 6.07) is 9.24. The van der Waals surface area contributed by atoms with Crippen LogP contribution in [-0.4, -0.2) is 64.5 Å². The van der Waals surface area contributed by atoms with E-state index in [1.165, 1.54) is 0 Å². The first-order chi connectivity index (χ1) is 12.0. The molecule has 0 bridgehead atoms. The molecule has 0 unspecified atom stereocenters. The molecule has 3 rings (SSSR count). The number of carbonyl (C=O) groups excluding carboxylic acids is 1. The van der Waals surface area contributed by atoms with E-state index in [-0.39, 0.29) is 11.9 Å². The number of aromatic nitrogens is 2. The first-order valence-electron chi connectivity index (χ1n) is 8.40. The molecule has 3 N–H and O–H groups in total. The lowest BCUT2D eigenvalue weighted by Gasteiger charge is -2.19. The number of methoxy groups -OCH3 is 1. The first-order valence-corrected chi connectivity index (χ1v) is 8.40. The van der Waals surface area contributed by atoms with Gasteiger partial charge in [-0.1, -0.05) is 0 Å². The molecular formula is C18H24N4O3. The second kappa shape index (κ2) is 7.25. The van der Waals surface area contributed by atoms with Crippen LogP contribution >= 0.6 is 0 Å². The summed E-state index contributed by atoms with van der Waals surface area (Å²) in [5.41, 5.74) is 1.95. The van der Waals surface area contributed by atoms with Crippen molar-refractivity contribution in [3.8, 4) is 17.0 Å². The highest BCUT2D eigenvalue weighted by atomic mass is 16.5. The van der Waals surface area contributed by atoms with Gasteiger partial charge in [-0.15, -0.1) is 0 Å². The lowest BCUT2D eigenvalue weighted by atomic mass is 10.1. The molecule has 7 nitrogen and oxygen atoms in total. The standard InChI is InChI=1S/C18H24N4O3/c1-11(2)22-9-16(17(23)10-22)19-18(24)15-8-14(20-21-15)12-4-6-13(25-3)7-5-12/h4-8,11,16-17,23H,9-10H2,1-3H3,(H,19,24)(H,20,21)/t16-,17-/m0/s1. The van der Waals surface area contributed by atoms with Crippen LogP contribution in [0.1, 0.15) is 24.3 Å². The number of aromatic amines is 1. The van der Waals surface area contributed by atoms with E-state index in [0.717, 1.165) is 11.3 Å². The Morgan fingerprint density at radius 2 is 2.08 bits per heavy atom. The third-order valence-electron chi connectivity index (χ3n) is 4.57. The van der Waals surface area contributed by atoms with Gasteiger partial charge in [-0.2, -0.15) is 5.10 Å². The second-order valence-corrected chi connectivity index (χ2v) is 6.59. The summed E-state index contributed by atoms with van der Waals surface area (Å²) in [4.78, 5) is 14.6. The number of amides is 1. The van der Waals surface area contributed by atoms with Crippen molar-refractivity contribution in [2.75, 3.05) is 20.2 Å². The van der Waals surface area contributed by atoms with Crippen molar-refractivity contribution in [2.24, 2.45) is 0 Å². The number of carbonyl (C=O) groups is 1. The molecule has 25 heavy (non-hydrogen) atoms. The molecule has 0 aliphatic carbocycles. The van der Waals surface area contributed by atoms with Gasteiger partial charge in [-0.3, -0.25) is 14.8 Å². The fourth-order valence-corrected chi connectivity index (χ4v) is 2.97. The largest absolute Gasteiger partial charge is 0.497 e. The van der Waals surface area contributed by atoms with Crippen LogP contribution in [-0.2, 0) is 0 Å². The predicted molar refractivity (Wildman–Crippen MR) is 94.5 cm³/mol. The Hall–Kier alpha value is -2.38. The van der Waals surface area contributed by atoms with Gasteiger partial charge in [0.05, 0.1) is 24.9 Å². The molecule has 0 radical (unpaired) electrons. The predicted octanol–water partition coefficient (Wildman–Crippen LogP) is 1.27.